The highest BCUT2D eigenvalue weighted by atomic mass is 19.1. The van der Waals surface area contributed by atoms with Gasteiger partial charge in [-0.05, 0) is 35.4 Å². The highest BCUT2D eigenvalue weighted by Gasteiger charge is 2.16. The molecule has 2 aromatic rings. The van der Waals surface area contributed by atoms with E-state index in [0.717, 1.165) is 39.3 Å². The molecule has 1 aliphatic heterocycles. The number of aromatic nitrogens is 1. The van der Waals surface area contributed by atoms with E-state index in [4.69, 9.17) is 0 Å². The van der Waals surface area contributed by atoms with Crippen molar-refractivity contribution in [3.05, 3.63) is 65.7 Å². The number of pyridine rings is 1. The molecule has 0 saturated carbocycles. The number of benzene rings is 1. The van der Waals surface area contributed by atoms with Gasteiger partial charge in [-0.2, -0.15) is 0 Å². The normalized spacial score (nSPS) is 17.0. The Labute approximate surface area is 125 Å². The van der Waals surface area contributed by atoms with Crippen molar-refractivity contribution in [3.63, 3.8) is 0 Å². The molecule has 0 radical (unpaired) electrons. The molecule has 0 unspecified atom stereocenters. The largest absolute Gasteiger partial charge is 0.297 e. The minimum absolute atomic E-state index is 0.166. The molecule has 3 rings (SSSR count). The van der Waals surface area contributed by atoms with Crippen molar-refractivity contribution in [1.82, 2.24) is 14.8 Å². The van der Waals surface area contributed by atoms with Crippen LogP contribution in [0.15, 0.2) is 48.8 Å². The van der Waals surface area contributed by atoms with Gasteiger partial charge in [-0.15, -0.1) is 0 Å². The third-order valence-electron chi connectivity index (χ3n) is 3.94. The van der Waals surface area contributed by atoms with Gasteiger partial charge in [0.15, 0.2) is 0 Å². The topological polar surface area (TPSA) is 19.4 Å². The van der Waals surface area contributed by atoms with Crippen molar-refractivity contribution in [2.45, 2.75) is 13.1 Å². The second-order valence-corrected chi connectivity index (χ2v) is 5.53. The maximum atomic E-state index is 12.9. The predicted octanol–water partition coefficient (Wildman–Crippen LogP) is 2.54. The Morgan fingerprint density at radius 3 is 1.76 bits per heavy atom. The Morgan fingerprint density at radius 2 is 1.24 bits per heavy atom. The van der Waals surface area contributed by atoms with Crippen LogP contribution in [-0.4, -0.2) is 41.0 Å². The summed E-state index contributed by atoms with van der Waals surface area (Å²) in [7, 11) is 0. The first-order valence-corrected chi connectivity index (χ1v) is 7.38. The van der Waals surface area contributed by atoms with Crippen molar-refractivity contribution >= 4 is 0 Å². The average molecular weight is 285 g/mol. The summed E-state index contributed by atoms with van der Waals surface area (Å²) < 4.78 is 12.9. The number of piperazine rings is 1. The first kappa shape index (κ1) is 14.2. The lowest BCUT2D eigenvalue weighted by molar-refractivity contribution is 0.122. The summed E-state index contributed by atoms with van der Waals surface area (Å²) in [4.78, 5) is 8.95. The van der Waals surface area contributed by atoms with Gasteiger partial charge < -0.3 is 0 Å². The Balaban J connectivity index is 1.47. The molecule has 2 heterocycles. The molecule has 1 aromatic heterocycles. The lowest BCUT2D eigenvalue weighted by Crippen LogP contribution is -2.45. The maximum Gasteiger partial charge on any atom is 0.123 e. The summed E-state index contributed by atoms with van der Waals surface area (Å²) >= 11 is 0. The van der Waals surface area contributed by atoms with Crippen LogP contribution in [0.2, 0.25) is 0 Å². The molecule has 1 aliphatic rings. The quantitative estimate of drug-likeness (QED) is 0.860. The summed E-state index contributed by atoms with van der Waals surface area (Å²) in [6, 6.07) is 11.0. The van der Waals surface area contributed by atoms with Gasteiger partial charge in [0, 0.05) is 51.7 Å². The van der Waals surface area contributed by atoms with Gasteiger partial charge in [0.1, 0.15) is 5.82 Å². The van der Waals surface area contributed by atoms with Crippen LogP contribution in [0.25, 0.3) is 0 Å². The lowest BCUT2D eigenvalue weighted by Gasteiger charge is -2.34. The van der Waals surface area contributed by atoms with Crippen LogP contribution in [0.1, 0.15) is 11.1 Å². The minimum Gasteiger partial charge on any atom is -0.297 e. The van der Waals surface area contributed by atoms with Crippen molar-refractivity contribution in [1.29, 1.82) is 0 Å². The summed E-state index contributed by atoms with van der Waals surface area (Å²) in [5, 5.41) is 0. The molecule has 3 nitrogen and oxygen atoms in total. The third-order valence-corrected chi connectivity index (χ3v) is 3.94. The van der Waals surface area contributed by atoms with E-state index < -0.39 is 0 Å². The van der Waals surface area contributed by atoms with Crippen LogP contribution in [0.3, 0.4) is 0 Å². The molecule has 0 bridgehead atoms. The molecule has 1 aromatic carbocycles. The average Bonchev–Trinajstić information content (AvgIpc) is 2.53. The summed E-state index contributed by atoms with van der Waals surface area (Å²) in [6.45, 7) is 6.16. The molecule has 21 heavy (non-hydrogen) atoms. The smallest absolute Gasteiger partial charge is 0.123 e. The predicted molar refractivity (Wildman–Crippen MR) is 81.2 cm³/mol. The summed E-state index contributed by atoms with van der Waals surface area (Å²) in [5.74, 6) is -0.166. The maximum absolute atomic E-state index is 12.9. The molecule has 4 heteroatoms. The van der Waals surface area contributed by atoms with Crippen molar-refractivity contribution in [2.24, 2.45) is 0 Å². The molecule has 0 amide bonds. The van der Waals surface area contributed by atoms with Gasteiger partial charge in [-0.3, -0.25) is 14.8 Å². The fraction of sp³-hybridized carbons (Fsp3) is 0.353. The number of halogens is 1. The Hall–Kier alpha value is -1.78. The van der Waals surface area contributed by atoms with Crippen LogP contribution in [-0.2, 0) is 13.1 Å². The zero-order chi connectivity index (χ0) is 14.5. The highest BCUT2D eigenvalue weighted by Crippen LogP contribution is 2.11. The van der Waals surface area contributed by atoms with E-state index in [2.05, 4.69) is 26.9 Å². The molecular formula is C17H20FN3. The van der Waals surface area contributed by atoms with Crippen LogP contribution < -0.4 is 0 Å². The Morgan fingerprint density at radius 1 is 0.762 bits per heavy atom. The zero-order valence-corrected chi connectivity index (χ0v) is 12.1. The molecule has 0 atom stereocenters. The van der Waals surface area contributed by atoms with Crippen LogP contribution in [0.5, 0.6) is 0 Å². The van der Waals surface area contributed by atoms with E-state index in [1.54, 1.807) is 0 Å². The molecular weight excluding hydrogens is 265 g/mol. The number of rotatable bonds is 4. The van der Waals surface area contributed by atoms with E-state index in [9.17, 15) is 4.39 Å². The SMILES string of the molecule is Fc1ccc(CN2CCN(Cc3ccncc3)CC2)cc1. The van der Waals surface area contributed by atoms with Gasteiger partial charge >= 0.3 is 0 Å². The fourth-order valence-electron chi connectivity index (χ4n) is 2.70. The van der Waals surface area contributed by atoms with E-state index >= 15 is 0 Å². The number of nitrogens with zero attached hydrogens (tertiary/aromatic N) is 3. The zero-order valence-electron chi connectivity index (χ0n) is 12.1. The number of hydrogen-bond acceptors (Lipinski definition) is 3. The monoisotopic (exact) mass is 285 g/mol. The van der Waals surface area contributed by atoms with Gasteiger partial charge in [-0.25, -0.2) is 4.39 Å². The first-order valence-electron chi connectivity index (χ1n) is 7.38. The van der Waals surface area contributed by atoms with E-state index in [1.165, 1.54) is 23.3 Å². The Kier molecular flexibility index (Phi) is 4.58. The van der Waals surface area contributed by atoms with Crippen molar-refractivity contribution in [3.8, 4) is 0 Å². The molecule has 1 fully saturated rings. The van der Waals surface area contributed by atoms with Crippen molar-refractivity contribution in [2.75, 3.05) is 26.2 Å². The fourth-order valence-corrected chi connectivity index (χ4v) is 2.70. The third kappa shape index (κ3) is 4.09. The molecule has 0 spiro atoms. The summed E-state index contributed by atoms with van der Waals surface area (Å²) in [6.07, 6.45) is 3.69. The van der Waals surface area contributed by atoms with Gasteiger partial charge in [-0.1, -0.05) is 12.1 Å². The second-order valence-electron chi connectivity index (χ2n) is 5.53. The van der Waals surface area contributed by atoms with Crippen molar-refractivity contribution < 1.29 is 4.39 Å². The number of hydrogen-bond donors (Lipinski definition) is 0. The van der Waals surface area contributed by atoms with E-state index in [0.29, 0.717) is 0 Å². The second kappa shape index (κ2) is 6.78. The van der Waals surface area contributed by atoms with Gasteiger partial charge in [0.25, 0.3) is 0 Å². The molecule has 110 valence electrons. The summed E-state index contributed by atoms with van der Waals surface area (Å²) in [5.41, 5.74) is 2.50. The van der Waals surface area contributed by atoms with Crippen LogP contribution >= 0.6 is 0 Å². The molecule has 1 saturated heterocycles. The van der Waals surface area contributed by atoms with Crippen LogP contribution in [0.4, 0.5) is 4.39 Å². The van der Waals surface area contributed by atoms with Gasteiger partial charge in [0.05, 0.1) is 0 Å². The minimum atomic E-state index is -0.166. The molecule has 0 N–H and O–H groups in total. The van der Waals surface area contributed by atoms with E-state index in [-0.39, 0.29) is 5.82 Å². The first-order chi connectivity index (χ1) is 10.3. The van der Waals surface area contributed by atoms with E-state index in [1.807, 2.05) is 24.5 Å². The molecule has 0 aliphatic carbocycles. The lowest BCUT2D eigenvalue weighted by atomic mass is 10.2. The van der Waals surface area contributed by atoms with Crippen LogP contribution in [0, 0.1) is 5.82 Å². The van der Waals surface area contributed by atoms with Gasteiger partial charge in [0.2, 0.25) is 0 Å². The highest BCUT2D eigenvalue weighted by molar-refractivity contribution is 5.16. The Bertz CT molecular complexity index is 548. The standard InChI is InChI=1S/C17H20FN3/c18-17-3-1-15(2-4-17)13-20-9-11-21(12-10-20)14-16-5-7-19-8-6-16/h1-8H,9-14H2.